The number of amides is 2. The van der Waals surface area contributed by atoms with E-state index in [4.69, 9.17) is 5.73 Å². The summed E-state index contributed by atoms with van der Waals surface area (Å²) in [6.45, 7) is 1.56. The van der Waals surface area contributed by atoms with Crippen LogP contribution in [0.15, 0.2) is 0 Å². The van der Waals surface area contributed by atoms with Gasteiger partial charge in [0, 0.05) is 20.0 Å². The van der Waals surface area contributed by atoms with Crippen molar-refractivity contribution >= 4 is 11.8 Å². The van der Waals surface area contributed by atoms with Gasteiger partial charge in [-0.15, -0.1) is 0 Å². The first-order valence-electron chi connectivity index (χ1n) is 5.79. The summed E-state index contributed by atoms with van der Waals surface area (Å²) in [6, 6.07) is 0.167. The van der Waals surface area contributed by atoms with Gasteiger partial charge in [-0.1, -0.05) is 12.8 Å². The maximum atomic E-state index is 11.3. The smallest absolute Gasteiger partial charge is 0.234 e. The quantitative estimate of drug-likeness (QED) is 0.704. The molecule has 1 rings (SSSR count). The standard InChI is InChI=1S/C11H21N3O2/c1-8(15)14(2)10-6-4-3-5-9(10)13-11(16)7-12/h9-10H,3-7,12H2,1-2H3,(H,13,16)/t9-,10+/m0/s1. The molecule has 1 fully saturated rings. The first-order valence-corrected chi connectivity index (χ1v) is 5.79. The van der Waals surface area contributed by atoms with Crippen LogP contribution in [0, 0.1) is 0 Å². The second kappa shape index (κ2) is 5.84. The van der Waals surface area contributed by atoms with Crippen LogP contribution in [-0.2, 0) is 9.59 Å². The minimum atomic E-state index is -0.145. The fourth-order valence-corrected chi connectivity index (χ4v) is 2.24. The van der Waals surface area contributed by atoms with Crippen LogP contribution < -0.4 is 11.1 Å². The van der Waals surface area contributed by atoms with Gasteiger partial charge in [0.2, 0.25) is 11.8 Å². The monoisotopic (exact) mass is 227 g/mol. The largest absolute Gasteiger partial charge is 0.350 e. The summed E-state index contributed by atoms with van der Waals surface area (Å²) in [5.74, 6) is -0.104. The first kappa shape index (κ1) is 13.0. The number of carbonyl (C=O) groups is 2. The van der Waals surface area contributed by atoms with E-state index in [0.29, 0.717) is 0 Å². The molecule has 5 heteroatoms. The Balaban J connectivity index is 2.63. The number of rotatable bonds is 3. The second-order valence-corrected chi connectivity index (χ2v) is 4.36. The van der Waals surface area contributed by atoms with E-state index in [2.05, 4.69) is 5.32 Å². The van der Waals surface area contributed by atoms with Gasteiger partial charge < -0.3 is 16.0 Å². The Morgan fingerprint density at radius 3 is 2.56 bits per heavy atom. The predicted molar refractivity (Wildman–Crippen MR) is 61.7 cm³/mol. The molecule has 0 bridgehead atoms. The van der Waals surface area contributed by atoms with Crippen molar-refractivity contribution in [2.24, 2.45) is 5.73 Å². The van der Waals surface area contributed by atoms with Crippen molar-refractivity contribution in [1.29, 1.82) is 0 Å². The normalized spacial score (nSPS) is 24.9. The van der Waals surface area contributed by atoms with E-state index in [9.17, 15) is 9.59 Å². The minimum Gasteiger partial charge on any atom is -0.350 e. The van der Waals surface area contributed by atoms with Gasteiger partial charge in [0.05, 0.1) is 12.6 Å². The minimum absolute atomic E-state index is 0.00695. The molecular weight excluding hydrogens is 206 g/mol. The third-order valence-electron chi connectivity index (χ3n) is 3.26. The van der Waals surface area contributed by atoms with E-state index in [1.807, 2.05) is 0 Å². The molecule has 0 saturated heterocycles. The van der Waals surface area contributed by atoms with Gasteiger partial charge in [-0.2, -0.15) is 0 Å². The molecule has 16 heavy (non-hydrogen) atoms. The Kier molecular flexibility index (Phi) is 4.73. The summed E-state index contributed by atoms with van der Waals surface area (Å²) in [4.78, 5) is 24.3. The van der Waals surface area contributed by atoms with E-state index in [0.717, 1.165) is 25.7 Å². The Labute approximate surface area is 96.4 Å². The summed E-state index contributed by atoms with van der Waals surface area (Å²) in [6.07, 6.45) is 4.08. The van der Waals surface area contributed by atoms with Gasteiger partial charge in [0.25, 0.3) is 0 Å². The van der Waals surface area contributed by atoms with Crippen molar-refractivity contribution in [2.75, 3.05) is 13.6 Å². The van der Waals surface area contributed by atoms with Crippen LogP contribution in [0.4, 0.5) is 0 Å². The average molecular weight is 227 g/mol. The molecule has 3 N–H and O–H groups in total. The van der Waals surface area contributed by atoms with Crippen molar-refractivity contribution in [1.82, 2.24) is 10.2 Å². The van der Waals surface area contributed by atoms with Crippen molar-refractivity contribution < 1.29 is 9.59 Å². The van der Waals surface area contributed by atoms with Gasteiger partial charge in [0.1, 0.15) is 0 Å². The highest BCUT2D eigenvalue weighted by atomic mass is 16.2. The van der Waals surface area contributed by atoms with E-state index in [-0.39, 0.29) is 30.4 Å². The Hall–Kier alpha value is -1.10. The molecule has 2 amide bonds. The van der Waals surface area contributed by atoms with Crippen LogP contribution in [0.2, 0.25) is 0 Å². The molecule has 0 aliphatic heterocycles. The van der Waals surface area contributed by atoms with Crippen molar-refractivity contribution in [3.63, 3.8) is 0 Å². The first-order chi connectivity index (χ1) is 7.56. The van der Waals surface area contributed by atoms with Gasteiger partial charge in [-0.25, -0.2) is 0 Å². The summed E-state index contributed by atoms with van der Waals surface area (Å²) in [7, 11) is 1.79. The van der Waals surface area contributed by atoms with Gasteiger partial charge >= 0.3 is 0 Å². The maximum Gasteiger partial charge on any atom is 0.234 e. The molecule has 0 unspecified atom stereocenters. The summed E-state index contributed by atoms with van der Waals surface area (Å²) >= 11 is 0. The molecule has 0 aromatic heterocycles. The highest BCUT2D eigenvalue weighted by Gasteiger charge is 2.30. The van der Waals surface area contributed by atoms with Gasteiger partial charge in [-0.05, 0) is 12.8 Å². The number of carbonyl (C=O) groups excluding carboxylic acids is 2. The summed E-state index contributed by atoms with van der Waals surface area (Å²) < 4.78 is 0. The topological polar surface area (TPSA) is 75.4 Å². The zero-order valence-corrected chi connectivity index (χ0v) is 10.0. The van der Waals surface area contributed by atoms with E-state index < -0.39 is 0 Å². The number of nitrogens with one attached hydrogen (secondary N) is 1. The number of hydrogen-bond donors (Lipinski definition) is 2. The predicted octanol–water partition coefficient (Wildman–Crippen LogP) is -0.149. The van der Waals surface area contributed by atoms with Crippen LogP contribution in [0.1, 0.15) is 32.6 Å². The van der Waals surface area contributed by atoms with E-state index in [1.54, 1.807) is 18.9 Å². The van der Waals surface area contributed by atoms with Crippen molar-refractivity contribution in [2.45, 2.75) is 44.7 Å². The van der Waals surface area contributed by atoms with Crippen LogP contribution in [-0.4, -0.2) is 42.4 Å². The fraction of sp³-hybridized carbons (Fsp3) is 0.818. The van der Waals surface area contributed by atoms with Crippen molar-refractivity contribution in [3.05, 3.63) is 0 Å². The lowest BCUT2D eigenvalue weighted by molar-refractivity contribution is -0.132. The fourth-order valence-electron chi connectivity index (χ4n) is 2.24. The number of likely N-dealkylation sites (N-methyl/N-ethyl adjacent to an activating group) is 1. The highest BCUT2D eigenvalue weighted by Crippen LogP contribution is 2.22. The molecule has 1 saturated carbocycles. The van der Waals surface area contributed by atoms with Gasteiger partial charge in [0.15, 0.2) is 0 Å². The third kappa shape index (κ3) is 3.20. The molecule has 0 aromatic rings. The molecule has 0 spiro atoms. The molecule has 0 heterocycles. The van der Waals surface area contributed by atoms with Crippen LogP contribution in [0.5, 0.6) is 0 Å². The Bertz CT molecular complexity index is 268. The number of nitrogens with two attached hydrogens (primary N) is 1. The van der Waals surface area contributed by atoms with E-state index >= 15 is 0 Å². The van der Waals surface area contributed by atoms with Crippen LogP contribution >= 0.6 is 0 Å². The van der Waals surface area contributed by atoms with Crippen LogP contribution in [0.25, 0.3) is 0 Å². The van der Waals surface area contributed by atoms with Crippen LogP contribution in [0.3, 0.4) is 0 Å². The summed E-state index contributed by atoms with van der Waals surface area (Å²) in [5, 5.41) is 2.90. The molecule has 0 aromatic carbocycles. The molecule has 2 atom stereocenters. The number of hydrogen-bond acceptors (Lipinski definition) is 3. The summed E-state index contributed by atoms with van der Waals surface area (Å²) in [5.41, 5.74) is 5.28. The molecular formula is C11H21N3O2. The third-order valence-corrected chi connectivity index (χ3v) is 3.26. The maximum absolute atomic E-state index is 11.3. The molecule has 92 valence electrons. The van der Waals surface area contributed by atoms with E-state index in [1.165, 1.54) is 0 Å². The highest BCUT2D eigenvalue weighted by molar-refractivity contribution is 5.78. The molecule has 5 nitrogen and oxygen atoms in total. The Morgan fingerprint density at radius 2 is 2.00 bits per heavy atom. The zero-order chi connectivity index (χ0) is 12.1. The SMILES string of the molecule is CC(=O)N(C)[C@@H]1CCCC[C@@H]1NC(=O)CN. The lowest BCUT2D eigenvalue weighted by Gasteiger charge is -2.37. The Morgan fingerprint density at radius 1 is 1.38 bits per heavy atom. The molecule has 1 aliphatic rings. The number of nitrogens with zero attached hydrogens (tertiary/aromatic N) is 1. The molecule has 1 aliphatic carbocycles. The lowest BCUT2D eigenvalue weighted by atomic mass is 9.89. The average Bonchev–Trinajstić information content (AvgIpc) is 2.28. The lowest BCUT2D eigenvalue weighted by Crippen LogP contribution is -2.54. The van der Waals surface area contributed by atoms with Crippen molar-refractivity contribution in [3.8, 4) is 0 Å². The zero-order valence-electron chi connectivity index (χ0n) is 10.0. The second-order valence-electron chi connectivity index (χ2n) is 4.36. The van der Waals surface area contributed by atoms with Gasteiger partial charge in [-0.3, -0.25) is 9.59 Å². The molecule has 0 radical (unpaired) electrons.